The highest BCUT2D eigenvalue weighted by Crippen LogP contribution is 2.35. The Morgan fingerprint density at radius 1 is 0.897 bits per heavy atom. The van der Waals surface area contributed by atoms with Crippen LogP contribution in [0.4, 0.5) is 0 Å². The molecule has 0 radical (unpaired) electrons. The van der Waals surface area contributed by atoms with Crippen LogP contribution >= 0.6 is 0 Å². The second kappa shape index (κ2) is 11.9. The number of unbranched alkanes of at least 4 members (excludes halogenated alkanes) is 1. The van der Waals surface area contributed by atoms with Crippen LogP contribution in [-0.2, 0) is 9.59 Å². The van der Waals surface area contributed by atoms with Crippen molar-refractivity contribution in [2.24, 2.45) is 5.10 Å². The monoisotopic (exact) mass is 522 g/mol. The summed E-state index contributed by atoms with van der Waals surface area (Å²) in [6.45, 7) is 2.86. The molecule has 4 aromatic rings. The summed E-state index contributed by atoms with van der Waals surface area (Å²) in [7, 11) is 0. The summed E-state index contributed by atoms with van der Waals surface area (Å²) in [5.74, 6) is -0.475. The number of carboxylic acids is 1. The topological polar surface area (TPSA) is 105 Å². The van der Waals surface area contributed by atoms with Gasteiger partial charge in [0.2, 0.25) is 5.91 Å². The molecule has 3 aromatic carbocycles. The molecule has 39 heavy (non-hydrogen) atoms. The highest BCUT2D eigenvalue weighted by Gasteiger charge is 2.33. The Bertz CT molecular complexity index is 1500. The van der Waals surface area contributed by atoms with Crippen molar-refractivity contribution in [2.75, 3.05) is 6.61 Å². The second-order valence-corrected chi connectivity index (χ2v) is 9.51. The first-order valence-electron chi connectivity index (χ1n) is 13.2. The second-order valence-electron chi connectivity index (χ2n) is 9.51. The summed E-state index contributed by atoms with van der Waals surface area (Å²) < 4.78 is 5.77. The van der Waals surface area contributed by atoms with Crippen molar-refractivity contribution >= 4 is 28.6 Å². The largest absolute Gasteiger partial charge is 0.494 e. The molecule has 1 N–H and O–H groups in total. The third-order valence-electron chi connectivity index (χ3n) is 6.77. The number of nitrogens with zero attached hydrogens (tertiary/aromatic N) is 4. The van der Waals surface area contributed by atoms with Gasteiger partial charge in [0.1, 0.15) is 5.75 Å². The molecule has 1 unspecified atom stereocenters. The van der Waals surface area contributed by atoms with Crippen molar-refractivity contribution in [2.45, 2.75) is 45.1 Å². The number of fused-ring (bicyclic) bond motifs is 1. The van der Waals surface area contributed by atoms with Crippen LogP contribution in [0.2, 0.25) is 0 Å². The van der Waals surface area contributed by atoms with E-state index in [2.05, 4.69) is 22.0 Å². The van der Waals surface area contributed by atoms with Crippen LogP contribution in [-0.4, -0.2) is 44.3 Å². The third kappa shape index (κ3) is 6.12. The number of hydrogen-bond donors (Lipinski definition) is 1. The molecular weight excluding hydrogens is 492 g/mol. The SMILES string of the molecule is CCCCOc1ccc(-c2ccc(C3=NN(C(=O)CCC(=O)O)C(c4ccc5nccnc5c4)C3)cc2)cc1. The Balaban J connectivity index is 1.37. The first kappa shape index (κ1) is 26.0. The number of benzene rings is 3. The standard InChI is InChI=1S/C31H30N4O4/c1-2-3-18-39-25-11-8-22(9-12-25)21-4-6-23(7-5-21)27-20-29(35(34-27)30(36)14-15-31(37)38)24-10-13-26-28(19-24)33-17-16-32-26/h4-13,16-17,19,29H,2-3,14-15,18,20H2,1H3,(H,37,38). The van der Waals surface area contributed by atoms with Gasteiger partial charge in [0.05, 0.1) is 35.8 Å². The van der Waals surface area contributed by atoms with E-state index in [0.717, 1.165) is 64.2 Å². The highest BCUT2D eigenvalue weighted by atomic mass is 16.5. The quantitative estimate of drug-likeness (QED) is 0.256. The molecule has 8 heteroatoms. The van der Waals surface area contributed by atoms with Crippen LogP contribution < -0.4 is 4.74 Å². The van der Waals surface area contributed by atoms with Crippen LogP contribution in [0.25, 0.3) is 22.2 Å². The number of ether oxygens (including phenoxy) is 1. The number of carboxylic acid groups (broad SMARTS) is 1. The van der Waals surface area contributed by atoms with Crippen molar-refractivity contribution < 1.29 is 19.4 Å². The van der Waals surface area contributed by atoms with Crippen molar-refractivity contribution in [1.82, 2.24) is 15.0 Å². The molecule has 1 amide bonds. The summed E-state index contributed by atoms with van der Waals surface area (Å²) in [5, 5.41) is 15.2. The molecule has 8 nitrogen and oxygen atoms in total. The summed E-state index contributed by atoms with van der Waals surface area (Å²) in [4.78, 5) is 32.9. The normalized spacial score (nSPS) is 14.8. The Morgan fingerprint density at radius 3 is 2.26 bits per heavy atom. The van der Waals surface area contributed by atoms with Crippen LogP contribution in [0.5, 0.6) is 5.75 Å². The van der Waals surface area contributed by atoms with E-state index in [1.165, 1.54) is 5.01 Å². The number of aliphatic carboxylic acids is 1. The summed E-state index contributed by atoms with van der Waals surface area (Å²) in [5.41, 5.74) is 6.21. The van der Waals surface area contributed by atoms with E-state index in [1.54, 1.807) is 12.4 Å². The fourth-order valence-electron chi connectivity index (χ4n) is 4.62. The Hall–Kier alpha value is -4.59. The van der Waals surface area contributed by atoms with Crippen LogP contribution in [0.15, 0.2) is 84.2 Å². The van der Waals surface area contributed by atoms with Gasteiger partial charge in [-0.05, 0) is 52.9 Å². The number of amides is 1. The predicted molar refractivity (Wildman–Crippen MR) is 149 cm³/mol. The average molecular weight is 523 g/mol. The lowest BCUT2D eigenvalue weighted by Gasteiger charge is -2.22. The van der Waals surface area contributed by atoms with Gasteiger partial charge in [-0.1, -0.05) is 55.8 Å². The minimum atomic E-state index is -1.01. The molecule has 198 valence electrons. The number of hydrazone groups is 1. The fourth-order valence-corrected chi connectivity index (χ4v) is 4.62. The van der Waals surface area contributed by atoms with Gasteiger partial charge in [0, 0.05) is 25.2 Å². The lowest BCUT2D eigenvalue weighted by molar-refractivity contribution is -0.141. The highest BCUT2D eigenvalue weighted by molar-refractivity contribution is 6.03. The molecule has 0 spiro atoms. The number of rotatable bonds is 10. The van der Waals surface area contributed by atoms with E-state index in [0.29, 0.717) is 6.42 Å². The zero-order valence-electron chi connectivity index (χ0n) is 21.8. The summed E-state index contributed by atoms with van der Waals surface area (Å²) in [6.07, 6.45) is 5.55. The minimum Gasteiger partial charge on any atom is -0.494 e. The molecule has 0 bridgehead atoms. The smallest absolute Gasteiger partial charge is 0.303 e. The molecule has 2 heterocycles. The van der Waals surface area contributed by atoms with Gasteiger partial charge in [-0.15, -0.1) is 0 Å². The zero-order valence-corrected chi connectivity index (χ0v) is 21.8. The molecule has 5 rings (SSSR count). The van der Waals surface area contributed by atoms with Gasteiger partial charge in [0.25, 0.3) is 0 Å². The van der Waals surface area contributed by atoms with Gasteiger partial charge in [-0.3, -0.25) is 19.6 Å². The maximum Gasteiger partial charge on any atom is 0.303 e. The molecular formula is C31H30N4O4. The molecule has 1 atom stereocenters. The lowest BCUT2D eigenvalue weighted by atomic mass is 9.96. The van der Waals surface area contributed by atoms with E-state index in [-0.39, 0.29) is 24.8 Å². The summed E-state index contributed by atoms with van der Waals surface area (Å²) in [6, 6.07) is 21.5. The van der Waals surface area contributed by atoms with E-state index in [9.17, 15) is 9.59 Å². The van der Waals surface area contributed by atoms with E-state index >= 15 is 0 Å². The predicted octanol–water partition coefficient (Wildman–Crippen LogP) is 6.02. The zero-order chi connectivity index (χ0) is 27.2. The van der Waals surface area contributed by atoms with Gasteiger partial charge in [0.15, 0.2) is 0 Å². The van der Waals surface area contributed by atoms with Gasteiger partial charge < -0.3 is 9.84 Å². The van der Waals surface area contributed by atoms with Crippen molar-refractivity contribution in [1.29, 1.82) is 0 Å². The number of carbonyl (C=O) groups is 2. The first-order chi connectivity index (χ1) is 19.0. The fraction of sp³-hybridized carbons (Fsp3) is 0.258. The Labute approximate surface area is 227 Å². The summed E-state index contributed by atoms with van der Waals surface area (Å²) >= 11 is 0. The Kier molecular flexibility index (Phi) is 7.91. The lowest BCUT2D eigenvalue weighted by Crippen LogP contribution is -2.27. The maximum atomic E-state index is 13.0. The van der Waals surface area contributed by atoms with Crippen molar-refractivity contribution in [3.63, 3.8) is 0 Å². The molecule has 1 aliphatic heterocycles. The maximum absolute atomic E-state index is 13.0. The molecule has 1 aliphatic rings. The number of hydrogen-bond acceptors (Lipinski definition) is 6. The van der Waals surface area contributed by atoms with E-state index in [4.69, 9.17) is 9.84 Å². The average Bonchev–Trinajstić information content (AvgIpc) is 3.42. The van der Waals surface area contributed by atoms with E-state index in [1.807, 2.05) is 66.7 Å². The minimum absolute atomic E-state index is 0.118. The van der Waals surface area contributed by atoms with Gasteiger partial charge >= 0.3 is 5.97 Å². The van der Waals surface area contributed by atoms with Gasteiger partial charge in [-0.2, -0.15) is 5.10 Å². The number of carbonyl (C=O) groups excluding carboxylic acids is 1. The third-order valence-corrected chi connectivity index (χ3v) is 6.77. The van der Waals surface area contributed by atoms with Crippen molar-refractivity contribution in [3.8, 4) is 16.9 Å². The molecule has 0 fully saturated rings. The van der Waals surface area contributed by atoms with Crippen molar-refractivity contribution in [3.05, 3.63) is 90.3 Å². The molecule has 1 aromatic heterocycles. The number of aromatic nitrogens is 2. The first-order valence-corrected chi connectivity index (χ1v) is 13.2. The molecule has 0 saturated heterocycles. The molecule has 0 aliphatic carbocycles. The van der Waals surface area contributed by atoms with E-state index < -0.39 is 5.97 Å². The molecule has 0 saturated carbocycles. The Morgan fingerprint density at radius 2 is 1.56 bits per heavy atom. The van der Waals surface area contributed by atoms with Gasteiger partial charge in [-0.25, -0.2) is 5.01 Å². The van der Waals surface area contributed by atoms with Crippen LogP contribution in [0.1, 0.15) is 56.2 Å². The van der Waals surface area contributed by atoms with Crippen LogP contribution in [0.3, 0.4) is 0 Å². The van der Waals surface area contributed by atoms with Crippen LogP contribution in [0, 0.1) is 0 Å².